The lowest BCUT2D eigenvalue weighted by atomic mass is 9.84. The number of Topliss-reactive ketones (excluding diaryl/α,β-unsaturated/α-hetero) is 1. The highest BCUT2D eigenvalue weighted by Gasteiger charge is 2.31. The third kappa shape index (κ3) is 9.56. The summed E-state index contributed by atoms with van der Waals surface area (Å²) in [4.78, 5) is 29.7. The van der Waals surface area contributed by atoms with Gasteiger partial charge >= 0.3 is 5.97 Å². The highest BCUT2D eigenvalue weighted by atomic mass is 16.6. The van der Waals surface area contributed by atoms with E-state index in [4.69, 9.17) is 9.47 Å². The normalized spacial score (nSPS) is 12.7. The number of phenols is 2. The first-order valence-corrected chi connectivity index (χ1v) is 19.9. The number of rotatable bonds is 14. The van der Waals surface area contributed by atoms with Gasteiger partial charge in [-0.2, -0.15) is 0 Å². The Morgan fingerprint density at radius 1 is 0.603 bits per heavy atom. The molecular weight excluding hydrogens is 733 g/mol. The number of benzene rings is 4. The molecule has 0 radical (unpaired) electrons. The maximum atomic E-state index is 13.6. The van der Waals surface area contributed by atoms with Crippen molar-refractivity contribution < 1.29 is 29.3 Å². The van der Waals surface area contributed by atoms with Crippen LogP contribution in [0.1, 0.15) is 111 Å². The van der Waals surface area contributed by atoms with Crippen LogP contribution < -0.4 is 0 Å². The van der Waals surface area contributed by atoms with Crippen LogP contribution in [-0.2, 0) is 42.7 Å². The summed E-state index contributed by atoms with van der Waals surface area (Å²) in [5.41, 5.74) is 4.28. The molecule has 0 saturated heterocycles. The van der Waals surface area contributed by atoms with Crippen LogP contribution in [0.25, 0.3) is 33.4 Å². The topological polar surface area (TPSA) is 154 Å². The van der Waals surface area contributed by atoms with Crippen molar-refractivity contribution in [3.05, 3.63) is 95.1 Å². The maximum absolute atomic E-state index is 13.6. The number of aromatic nitrogens is 6. The highest BCUT2D eigenvalue weighted by molar-refractivity contribution is 5.86. The van der Waals surface area contributed by atoms with Crippen LogP contribution in [0.15, 0.2) is 72.8 Å². The SMILES string of the molecule is CC(C)(CCOC(C)(C)C(=O)CCc1cc(-n2nc3ccccc3n2)c(O)c(C(C)(C)C)c1)OC(=O)CCc1cc(-n2nc3ccccc3n2)c(O)c(C(C)(C)C)c1. The van der Waals surface area contributed by atoms with E-state index in [-0.39, 0.29) is 53.5 Å². The van der Waals surface area contributed by atoms with E-state index >= 15 is 0 Å². The molecule has 2 heterocycles. The first-order valence-electron chi connectivity index (χ1n) is 19.9. The van der Waals surface area contributed by atoms with Crippen molar-refractivity contribution in [2.24, 2.45) is 0 Å². The summed E-state index contributed by atoms with van der Waals surface area (Å²) in [6.07, 6.45) is 1.54. The Balaban J connectivity index is 1.05. The molecule has 0 aliphatic heterocycles. The van der Waals surface area contributed by atoms with Gasteiger partial charge in [-0.3, -0.25) is 9.59 Å². The zero-order chi connectivity index (χ0) is 42.2. The number of aryl methyl sites for hydroxylation is 2. The number of hydrogen-bond donors (Lipinski definition) is 2. The second-order valence-corrected chi connectivity index (χ2v) is 18.2. The first kappa shape index (κ1) is 42.0. The molecule has 0 bridgehead atoms. The van der Waals surface area contributed by atoms with E-state index in [1.807, 2.05) is 128 Å². The molecule has 0 unspecified atom stereocenters. The highest BCUT2D eigenvalue weighted by Crippen LogP contribution is 2.38. The van der Waals surface area contributed by atoms with E-state index in [1.165, 1.54) is 9.59 Å². The molecule has 6 rings (SSSR count). The van der Waals surface area contributed by atoms with Gasteiger partial charge in [-0.15, -0.1) is 30.0 Å². The predicted octanol–water partition coefficient (Wildman–Crippen LogP) is 8.80. The number of nitrogens with zero attached hydrogens (tertiary/aromatic N) is 6. The average molecular weight is 789 g/mol. The number of ketones is 1. The Bertz CT molecular complexity index is 2400. The molecule has 0 saturated carbocycles. The van der Waals surface area contributed by atoms with E-state index in [0.29, 0.717) is 52.7 Å². The zero-order valence-corrected chi connectivity index (χ0v) is 35.4. The van der Waals surface area contributed by atoms with Gasteiger partial charge in [-0.1, -0.05) is 77.9 Å². The van der Waals surface area contributed by atoms with E-state index in [1.54, 1.807) is 13.8 Å². The van der Waals surface area contributed by atoms with Crippen molar-refractivity contribution in [1.29, 1.82) is 0 Å². The van der Waals surface area contributed by atoms with Crippen molar-refractivity contribution >= 4 is 33.8 Å². The Hall–Kier alpha value is -5.62. The number of phenolic OH excluding ortho intramolecular Hbond substituents is 2. The van der Waals surface area contributed by atoms with Crippen molar-refractivity contribution in [2.45, 2.75) is 123 Å². The quantitative estimate of drug-likeness (QED) is 0.102. The lowest BCUT2D eigenvalue weighted by Gasteiger charge is -2.29. The smallest absolute Gasteiger partial charge is 0.306 e. The van der Waals surface area contributed by atoms with Gasteiger partial charge in [0.1, 0.15) is 56.1 Å². The fourth-order valence-electron chi connectivity index (χ4n) is 6.87. The zero-order valence-electron chi connectivity index (χ0n) is 35.4. The van der Waals surface area contributed by atoms with Gasteiger partial charge in [0.15, 0.2) is 5.78 Å². The lowest BCUT2D eigenvalue weighted by Crippen LogP contribution is -2.38. The average Bonchev–Trinajstić information content (AvgIpc) is 3.77. The Morgan fingerprint density at radius 3 is 1.40 bits per heavy atom. The molecule has 12 heteroatoms. The number of aromatic hydroxyl groups is 2. The van der Waals surface area contributed by atoms with E-state index in [0.717, 1.165) is 22.3 Å². The minimum Gasteiger partial charge on any atom is -0.505 e. The lowest BCUT2D eigenvalue weighted by molar-refractivity contribution is -0.160. The Kier molecular flexibility index (Phi) is 11.6. The van der Waals surface area contributed by atoms with Gasteiger partial charge in [0, 0.05) is 30.4 Å². The summed E-state index contributed by atoms with van der Waals surface area (Å²) < 4.78 is 12.1. The third-order valence-electron chi connectivity index (χ3n) is 10.4. The summed E-state index contributed by atoms with van der Waals surface area (Å²) in [5, 5.41) is 40.9. The number of fused-ring (bicyclic) bond motifs is 2. The predicted molar refractivity (Wildman–Crippen MR) is 225 cm³/mol. The summed E-state index contributed by atoms with van der Waals surface area (Å²) in [5.74, 6) is -0.228. The summed E-state index contributed by atoms with van der Waals surface area (Å²) in [7, 11) is 0. The molecule has 306 valence electrons. The van der Waals surface area contributed by atoms with Gasteiger partial charge in [0.2, 0.25) is 0 Å². The molecule has 4 aromatic carbocycles. The molecule has 0 aliphatic carbocycles. The summed E-state index contributed by atoms with van der Waals surface area (Å²) in [6.45, 7) is 19.5. The van der Waals surface area contributed by atoms with Gasteiger partial charge < -0.3 is 19.7 Å². The molecule has 0 atom stereocenters. The molecule has 0 aliphatic rings. The van der Waals surface area contributed by atoms with E-state index in [2.05, 4.69) is 20.4 Å². The Morgan fingerprint density at radius 2 is 1.00 bits per heavy atom. The van der Waals surface area contributed by atoms with Crippen LogP contribution >= 0.6 is 0 Å². The molecule has 2 aromatic heterocycles. The van der Waals surface area contributed by atoms with Crippen LogP contribution in [0.3, 0.4) is 0 Å². The largest absolute Gasteiger partial charge is 0.505 e. The monoisotopic (exact) mass is 788 g/mol. The van der Waals surface area contributed by atoms with Gasteiger partial charge in [-0.25, -0.2) is 0 Å². The van der Waals surface area contributed by atoms with Crippen LogP contribution in [0.2, 0.25) is 0 Å². The minimum absolute atomic E-state index is 0.0708. The molecule has 0 spiro atoms. The number of hydrogen-bond acceptors (Lipinski definition) is 10. The molecule has 0 amide bonds. The third-order valence-corrected chi connectivity index (χ3v) is 10.4. The van der Waals surface area contributed by atoms with Crippen molar-refractivity contribution in [1.82, 2.24) is 30.0 Å². The van der Waals surface area contributed by atoms with E-state index in [9.17, 15) is 19.8 Å². The van der Waals surface area contributed by atoms with Crippen LogP contribution in [0.4, 0.5) is 0 Å². The van der Waals surface area contributed by atoms with Crippen LogP contribution in [0.5, 0.6) is 11.5 Å². The second kappa shape index (κ2) is 16.0. The van der Waals surface area contributed by atoms with Crippen LogP contribution in [-0.4, -0.2) is 69.8 Å². The standard InChI is InChI=1S/C46H56N6O6/c1-43(2,3)31-25-29(27-37(41(31)55)51-47-33-15-11-12-16-34(33)48-51)19-21-39(53)46(9,10)57-24-23-45(7,8)58-40(54)22-20-30-26-32(44(4,5)6)42(56)38(28-30)52-49-35-17-13-14-18-36(35)50-52/h11-18,25-28,55-56H,19-24H2,1-10H3. The van der Waals surface area contributed by atoms with Gasteiger partial charge in [0.25, 0.3) is 0 Å². The van der Waals surface area contributed by atoms with Gasteiger partial charge in [0.05, 0.1) is 6.61 Å². The molecular formula is C46H56N6O6. The number of ether oxygens (including phenoxy) is 2. The number of carbonyl (C=O) groups is 2. The minimum atomic E-state index is -1.08. The molecule has 0 fully saturated rings. The second-order valence-electron chi connectivity index (χ2n) is 18.2. The van der Waals surface area contributed by atoms with Crippen molar-refractivity contribution in [3.63, 3.8) is 0 Å². The first-order chi connectivity index (χ1) is 27.1. The molecule has 58 heavy (non-hydrogen) atoms. The molecule has 2 N–H and O–H groups in total. The molecule has 6 aromatic rings. The maximum Gasteiger partial charge on any atom is 0.306 e. The van der Waals surface area contributed by atoms with E-state index < -0.39 is 11.2 Å². The summed E-state index contributed by atoms with van der Waals surface area (Å²) in [6, 6.07) is 22.6. The summed E-state index contributed by atoms with van der Waals surface area (Å²) >= 11 is 0. The number of esters is 1. The van der Waals surface area contributed by atoms with Crippen LogP contribution in [0, 0.1) is 0 Å². The van der Waals surface area contributed by atoms with Gasteiger partial charge in [-0.05, 0) is 98.9 Å². The fourth-order valence-corrected chi connectivity index (χ4v) is 6.87. The van der Waals surface area contributed by atoms with Crippen molar-refractivity contribution in [3.8, 4) is 22.9 Å². The fraction of sp³-hybridized carbons (Fsp3) is 0.435. The van der Waals surface area contributed by atoms with Crippen molar-refractivity contribution in [2.75, 3.05) is 6.61 Å². The number of carbonyl (C=O) groups excluding carboxylic acids is 2. The molecule has 12 nitrogen and oxygen atoms in total. The Labute approximate surface area is 340 Å².